The van der Waals surface area contributed by atoms with Crippen LogP contribution in [0.3, 0.4) is 0 Å². The molecule has 5 rings (SSSR count). The molecule has 0 unspecified atom stereocenters. The second kappa shape index (κ2) is 32.6. The summed E-state index contributed by atoms with van der Waals surface area (Å²) in [5.74, 6) is -2.94. The monoisotopic (exact) mass is 1080 g/mol. The van der Waals surface area contributed by atoms with E-state index < -0.39 is 11.9 Å². The number of carbonyl (C=O) groups is 2. The van der Waals surface area contributed by atoms with Gasteiger partial charge in [-0.1, -0.05) is 89.9 Å². The average Bonchev–Trinajstić information content (AvgIpc) is 3.60. The van der Waals surface area contributed by atoms with Crippen molar-refractivity contribution in [2.75, 3.05) is 60.6 Å². The number of hydrogen-bond acceptors (Lipinski definition) is 14. The molecule has 20 heteroatoms. The number of benzene rings is 4. The molecule has 4 aromatic carbocycles. The first-order valence-electron chi connectivity index (χ1n) is 16.2. The quantitative estimate of drug-likeness (QED) is 0.0931. The molecule has 2 radical (unpaired) electrons. The molecule has 0 saturated carbocycles. The number of aromatic hydroxyl groups is 1. The van der Waals surface area contributed by atoms with E-state index in [4.69, 9.17) is 15.3 Å². The Kier molecular flexibility index (Phi) is 33.2. The van der Waals surface area contributed by atoms with Crippen LogP contribution in [-0.4, -0.2) is 115 Å². The van der Waals surface area contributed by atoms with Crippen LogP contribution in [0.15, 0.2) is 102 Å². The van der Waals surface area contributed by atoms with E-state index in [-0.39, 0.29) is 73.0 Å². The number of hydrogen-bond donors (Lipinski definition) is 4. The molecule has 0 amide bonds. The molecule has 320 valence electrons. The second-order valence-corrected chi connectivity index (χ2v) is 13.5. The van der Waals surface area contributed by atoms with Crippen LogP contribution in [0.25, 0.3) is 0 Å². The Bertz CT molecular complexity index is 1770. The van der Waals surface area contributed by atoms with Gasteiger partial charge < -0.3 is 55.9 Å². The Balaban J connectivity index is -0.00000122. The van der Waals surface area contributed by atoms with Crippen molar-refractivity contribution >= 4 is 72.2 Å². The van der Waals surface area contributed by atoms with E-state index in [1.54, 1.807) is 48.8 Å². The number of halogens is 3. The number of aliphatic imine (C=N–C) groups is 2. The number of nitrogens with zero attached hydrogens (tertiary/aromatic N) is 4. The Labute approximate surface area is 382 Å². The van der Waals surface area contributed by atoms with Crippen LogP contribution >= 0.6 is 47.8 Å². The number of aliphatic hydroxyl groups excluding tert-OH is 3. The van der Waals surface area contributed by atoms with Gasteiger partial charge in [0.15, 0.2) is 0 Å². The SMILES string of the molecule is CO.CO.CO.O=C([O-])c1ccccc1C(=O)[O-].[Ni+3].[Ni+3].[O-]c1ccc(Br)cc1C=NCCN1CCN(CCN=Cc2cc(Br)ccc2O)[C@H]1c1cc(Br)ccc1[O-].[OH3+]. The minimum atomic E-state index is -1.52. The van der Waals surface area contributed by atoms with E-state index in [2.05, 4.69) is 67.6 Å². The Morgan fingerprint density at radius 3 is 1.53 bits per heavy atom. The number of carboxylic acids is 2. The zero-order chi connectivity index (χ0) is 41.5. The third-order valence-electron chi connectivity index (χ3n) is 7.44. The molecule has 1 atom stereocenters. The minimum Gasteiger partial charge on any atom is -0.872 e. The van der Waals surface area contributed by atoms with Gasteiger partial charge in [-0.15, -0.1) is 5.75 Å². The number of carboxylic acid groups (broad SMARTS) is 2. The predicted molar refractivity (Wildman–Crippen MR) is 218 cm³/mol. The van der Waals surface area contributed by atoms with E-state index in [0.29, 0.717) is 42.9 Å². The van der Waals surface area contributed by atoms with Crippen LogP contribution < -0.4 is 20.4 Å². The van der Waals surface area contributed by atoms with E-state index >= 15 is 0 Å². The van der Waals surface area contributed by atoms with Gasteiger partial charge in [0, 0.05) is 90.0 Å². The van der Waals surface area contributed by atoms with E-state index in [0.717, 1.165) is 60.0 Å². The summed E-state index contributed by atoms with van der Waals surface area (Å²) in [5.41, 5.74) is 1.16. The van der Waals surface area contributed by atoms with E-state index in [1.165, 1.54) is 18.2 Å². The van der Waals surface area contributed by atoms with Gasteiger partial charge >= 0.3 is 33.0 Å². The molecule has 58 heavy (non-hydrogen) atoms. The van der Waals surface area contributed by atoms with Gasteiger partial charge in [0.2, 0.25) is 0 Å². The van der Waals surface area contributed by atoms with Crippen LogP contribution in [-0.2, 0) is 38.5 Å². The van der Waals surface area contributed by atoms with Gasteiger partial charge in [-0.25, -0.2) is 0 Å². The van der Waals surface area contributed by atoms with Crippen molar-refractivity contribution in [3.05, 3.63) is 120 Å². The first-order valence-corrected chi connectivity index (χ1v) is 18.6. The number of phenols is 1. The maximum absolute atomic E-state index is 12.8. The molecule has 4 aromatic rings. The summed E-state index contributed by atoms with van der Waals surface area (Å²) in [4.78, 5) is 34.1. The zero-order valence-corrected chi connectivity index (χ0v) is 38.1. The molecule has 1 aliphatic heterocycles. The van der Waals surface area contributed by atoms with Crippen LogP contribution in [0.2, 0.25) is 0 Å². The largest absolute Gasteiger partial charge is 3.00 e. The number of aromatic carboxylic acids is 2. The van der Waals surface area contributed by atoms with Gasteiger partial charge in [-0.3, -0.25) is 19.8 Å². The smallest absolute Gasteiger partial charge is 0.872 e. The number of aliphatic hydroxyl groups is 3. The average molecular weight is 1090 g/mol. The summed E-state index contributed by atoms with van der Waals surface area (Å²) in [5, 5.41) is 76.5. The van der Waals surface area contributed by atoms with Crippen molar-refractivity contribution in [1.82, 2.24) is 9.80 Å². The zero-order valence-electron chi connectivity index (χ0n) is 31.4. The second-order valence-electron chi connectivity index (χ2n) is 10.7. The first kappa shape index (κ1) is 59.1. The van der Waals surface area contributed by atoms with Crippen molar-refractivity contribution < 1.29 is 88.9 Å². The molecule has 15 nitrogen and oxygen atoms in total. The fraction of sp³-hybridized carbons (Fsp3) is 0.263. The molecule has 7 N–H and O–H groups in total. The molecule has 0 aromatic heterocycles. The van der Waals surface area contributed by atoms with E-state index in [9.17, 15) is 35.1 Å². The summed E-state index contributed by atoms with van der Waals surface area (Å²) in [6.45, 7) is 3.88. The normalized spacial score (nSPS) is 13.0. The molecule has 1 aliphatic rings. The Morgan fingerprint density at radius 2 is 1.07 bits per heavy atom. The van der Waals surface area contributed by atoms with Crippen molar-refractivity contribution in [2.24, 2.45) is 9.98 Å². The van der Waals surface area contributed by atoms with Crippen molar-refractivity contribution in [3.63, 3.8) is 0 Å². The van der Waals surface area contributed by atoms with Gasteiger partial charge in [0.05, 0.1) is 31.2 Å². The van der Waals surface area contributed by atoms with Crippen LogP contribution in [0.4, 0.5) is 0 Å². The molecule has 1 heterocycles. The van der Waals surface area contributed by atoms with Crippen LogP contribution in [0.5, 0.6) is 17.2 Å². The van der Waals surface area contributed by atoms with Crippen LogP contribution in [0.1, 0.15) is 43.6 Å². The molecular weight excluding hydrogens is 1050 g/mol. The van der Waals surface area contributed by atoms with Crippen molar-refractivity contribution in [3.8, 4) is 17.2 Å². The minimum absolute atomic E-state index is 0. The number of rotatable bonds is 11. The summed E-state index contributed by atoms with van der Waals surface area (Å²) < 4.78 is 2.56. The third kappa shape index (κ3) is 19.2. The molecule has 1 fully saturated rings. The molecular formula is C38H44Br3N4Ni2O11+3. The molecule has 0 aliphatic carbocycles. The summed E-state index contributed by atoms with van der Waals surface area (Å²) >= 11 is 10.3. The van der Waals surface area contributed by atoms with Crippen molar-refractivity contribution in [1.29, 1.82) is 0 Å². The third-order valence-corrected chi connectivity index (χ3v) is 8.92. The summed E-state index contributed by atoms with van der Waals surface area (Å²) in [6, 6.07) is 20.6. The van der Waals surface area contributed by atoms with Gasteiger partial charge in [0.25, 0.3) is 0 Å². The summed E-state index contributed by atoms with van der Waals surface area (Å²) in [6.07, 6.45) is 3.08. The van der Waals surface area contributed by atoms with Gasteiger partial charge in [-0.05, 0) is 53.6 Å². The topological polar surface area (TPSA) is 272 Å². The number of carbonyl (C=O) groups excluding carboxylic acids is 2. The first-order chi connectivity index (χ1) is 26.4. The molecule has 0 bridgehead atoms. The fourth-order valence-corrected chi connectivity index (χ4v) is 6.24. The Morgan fingerprint density at radius 1 is 0.672 bits per heavy atom. The Hall–Kier alpha value is -3.25. The maximum atomic E-state index is 12.8. The predicted octanol–water partition coefficient (Wildman–Crippen LogP) is 0.994. The fourth-order valence-electron chi connectivity index (χ4n) is 5.10. The van der Waals surface area contributed by atoms with Gasteiger partial charge in [-0.2, -0.15) is 0 Å². The van der Waals surface area contributed by atoms with Crippen molar-refractivity contribution in [2.45, 2.75) is 6.17 Å². The van der Waals surface area contributed by atoms with E-state index in [1.807, 2.05) is 12.1 Å². The van der Waals surface area contributed by atoms with Crippen LogP contribution in [0, 0.1) is 0 Å². The molecule has 1 saturated heterocycles. The standard InChI is InChI=1S/C27H27Br3N4O3.C8H6O4.3CH4O.2Ni.H2O/c28-20-1-4-24(35)18(13-20)16-31-7-9-33-11-12-34(27(33)23-15-22(30)3-6-26(23)37)10-8-32-17-19-14-21(29)2-5-25(19)36;9-7(10)5-3-1-2-4-6(5)8(11)12;3*1-2;;;/h1-6,13-17,27,35-37H,7-12H2;1-4H,(H,9,10)(H,11,12);3*2H,1H3;;;1H2/q;;;;;2*+3;/p-3. The number of phenolic OH excluding ortho intramolecular Hbond substituents is 1. The summed E-state index contributed by atoms with van der Waals surface area (Å²) in [7, 11) is 3.00. The van der Waals surface area contributed by atoms with Gasteiger partial charge in [0.1, 0.15) is 5.75 Å². The molecule has 0 spiro atoms. The maximum Gasteiger partial charge on any atom is 3.00 e.